The van der Waals surface area contributed by atoms with Crippen LogP contribution in [0.2, 0.25) is 10.0 Å². The van der Waals surface area contributed by atoms with Crippen molar-refractivity contribution < 1.29 is 0 Å². The van der Waals surface area contributed by atoms with Crippen molar-refractivity contribution in [2.24, 2.45) is 5.73 Å². The van der Waals surface area contributed by atoms with E-state index in [-0.39, 0.29) is 0 Å². The normalized spacial score (nSPS) is 12.4. The zero-order valence-electron chi connectivity index (χ0n) is 8.27. The second-order valence-corrected chi connectivity index (χ2v) is 4.01. The fourth-order valence-electron chi connectivity index (χ4n) is 1.37. The average molecular weight is 254 g/mol. The van der Waals surface area contributed by atoms with E-state index >= 15 is 0 Å². The molecule has 0 saturated carbocycles. The van der Waals surface area contributed by atoms with Crippen molar-refractivity contribution in [1.29, 1.82) is 0 Å². The van der Waals surface area contributed by atoms with Crippen LogP contribution in [0, 0.1) is 0 Å². The number of nitrogens with zero attached hydrogens (tertiary/aromatic N) is 2. The van der Waals surface area contributed by atoms with Crippen LogP contribution >= 0.6 is 23.2 Å². The molecule has 0 fully saturated rings. The van der Waals surface area contributed by atoms with Gasteiger partial charge in [0.1, 0.15) is 5.82 Å². The van der Waals surface area contributed by atoms with Crippen molar-refractivity contribution in [2.45, 2.75) is 6.04 Å². The van der Waals surface area contributed by atoms with E-state index in [4.69, 9.17) is 28.9 Å². The van der Waals surface area contributed by atoms with Crippen LogP contribution in [0.15, 0.2) is 36.7 Å². The lowest BCUT2D eigenvalue weighted by atomic mass is 10.1. The fourth-order valence-corrected chi connectivity index (χ4v) is 1.80. The highest BCUT2D eigenvalue weighted by Crippen LogP contribution is 2.30. The summed E-state index contributed by atoms with van der Waals surface area (Å²) >= 11 is 12.0. The summed E-state index contributed by atoms with van der Waals surface area (Å²) in [5, 5.41) is 0.926. The van der Waals surface area contributed by atoms with Crippen molar-refractivity contribution in [3.05, 3.63) is 58.1 Å². The Morgan fingerprint density at radius 1 is 1.06 bits per heavy atom. The van der Waals surface area contributed by atoms with Gasteiger partial charge in [-0.2, -0.15) is 0 Å². The minimum absolute atomic E-state index is 0.448. The number of rotatable bonds is 2. The first kappa shape index (κ1) is 11.3. The second kappa shape index (κ2) is 4.78. The molecule has 16 heavy (non-hydrogen) atoms. The number of aromatic nitrogens is 2. The van der Waals surface area contributed by atoms with Gasteiger partial charge in [-0.15, -0.1) is 0 Å². The summed E-state index contributed by atoms with van der Waals surface area (Å²) in [7, 11) is 0. The molecular weight excluding hydrogens is 245 g/mol. The van der Waals surface area contributed by atoms with Gasteiger partial charge in [-0.25, -0.2) is 9.97 Å². The van der Waals surface area contributed by atoms with Gasteiger partial charge in [0.15, 0.2) is 0 Å². The third kappa shape index (κ3) is 2.16. The molecule has 0 aliphatic rings. The monoisotopic (exact) mass is 253 g/mol. The van der Waals surface area contributed by atoms with E-state index in [1.807, 2.05) is 6.07 Å². The maximum absolute atomic E-state index is 6.07. The van der Waals surface area contributed by atoms with Gasteiger partial charge in [0.2, 0.25) is 0 Å². The SMILES string of the molecule is NC(c1ncccn1)c1cccc(Cl)c1Cl. The zero-order valence-corrected chi connectivity index (χ0v) is 9.78. The summed E-state index contributed by atoms with van der Waals surface area (Å²) in [5.74, 6) is 0.520. The Morgan fingerprint density at radius 3 is 2.44 bits per heavy atom. The average Bonchev–Trinajstić information content (AvgIpc) is 2.33. The van der Waals surface area contributed by atoms with Gasteiger partial charge in [-0.1, -0.05) is 35.3 Å². The lowest BCUT2D eigenvalue weighted by Crippen LogP contribution is -2.15. The quantitative estimate of drug-likeness (QED) is 0.896. The molecule has 0 bridgehead atoms. The molecule has 82 valence electrons. The van der Waals surface area contributed by atoms with E-state index in [0.29, 0.717) is 15.9 Å². The first-order valence-corrected chi connectivity index (χ1v) is 5.42. The van der Waals surface area contributed by atoms with Gasteiger partial charge < -0.3 is 5.73 Å². The molecule has 0 spiro atoms. The van der Waals surface area contributed by atoms with Gasteiger partial charge in [0.05, 0.1) is 16.1 Å². The van der Waals surface area contributed by atoms with E-state index in [1.54, 1.807) is 30.6 Å². The van der Waals surface area contributed by atoms with E-state index in [1.165, 1.54) is 0 Å². The van der Waals surface area contributed by atoms with Gasteiger partial charge in [0.25, 0.3) is 0 Å². The fraction of sp³-hybridized carbons (Fsp3) is 0.0909. The van der Waals surface area contributed by atoms with Crippen molar-refractivity contribution in [2.75, 3.05) is 0 Å². The summed E-state index contributed by atoms with van der Waals surface area (Å²) in [6.07, 6.45) is 3.28. The Kier molecular flexibility index (Phi) is 3.39. The molecular formula is C11H9Cl2N3. The van der Waals surface area contributed by atoms with E-state index < -0.39 is 6.04 Å². The lowest BCUT2D eigenvalue weighted by Gasteiger charge is -2.12. The van der Waals surface area contributed by atoms with Crippen LogP contribution in [-0.4, -0.2) is 9.97 Å². The van der Waals surface area contributed by atoms with Crippen LogP contribution in [0.25, 0.3) is 0 Å². The highest BCUT2D eigenvalue weighted by Gasteiger charge is 2.15. The van der Waals surface area contributed by atoms with E-state index in [9.17, 15) is 0 Å². The van der Waals surface area contributed by atoms with E-state index in [2.05, 4.69) is 9.97 Å². The number of benzene rings is 1. The van der Waals surface area contributed by atoms with Crippen molar-refractivity contribution in [3.8, 4) is 0 Å². The van der Waals surface area contributed by atoms with Gasteiger partial charge in [-0.05, 0) is 17.7 Å². The third-order valence-electron chi connectivity index (χ3n) is 2.18. The Labute approximate surface area is 103 Å². The van der Waals surface area contributed by atoms with Crippen LogP contribution in [0.1, 0.15) is 17.4 Å². The van der Waals surface area contributed by atoms with Gasteiger partial charge in [0, 0.05) is 12.4 Å². The first-order valence-electron chi connectivity index (χ1n) is 4.66. The molecule has 5 heteroatoms. The Balaban J connectivity index is 2.42. The van der Waals surface area contributed by atoms with E-state index in [0.717, 1.165) is 5.56 Å². The Hall–Kier alpha value is -1.16. The summed E-state index contributed by atoms with van der Waals surface area (Å²) in [6.45, 7) is 0. The molecule has 1 aromatic heterocycles. The molecule has 0 saturated heterocycles. The second-order valence-electron chi connectivity index (χ2n) is 3.23. The summed E-state index contributed by atoms with van der Waals surface area (Å²) in [5.41, 5.74) is 6.74. The number of nitrogens with two attached hydrogens (primary N) is 1. The topological polar surface area (TPSA) is 51.8 Å². The Morgan fingerprint density at radius 2 is 1.75 bits per heavy atom. The maximum Gasteiger partial charge on any atom is 0.149 e. The molecule has 0 aliphatic heterocycles. The van der Waals surface area contributed by atoms with Crippen LogP contribution in [-0.2, 0) is 0 Å². The lowest BCUT2D eigenvalue weighted by molar-refractivity contribution is 0.781. The molecule has 0 amide bonds. The highest BCUT2D eigenvalue weighted by molar-refractivity contribution is 6.42. The zero-order chi connectivity index (χ0) is 11.5. The largest absolute Gasteiger partial charge is 0.318 e. The number of halogens is 2. The van der Waals surface area contributed by atoms with Crippen LogP contribution in [0.3, 0.4) is 0 Å². The molecule has 0 radical (unpaired) electrons. The standard InChI is InChI=1S/C11H9Cl2N3/c12-8-4-1-3-7(9(8)13)10(14)11-15-5-2-6-16-11/h1-6,10H,14H2. The maximum atomic E-state index is 6.07. The molecule has 1 heterocycles. The molecule has 2 aromatic rings. The predicted octanol–water partition coefficient (Wildman–Crippen LogP) is 2.83. The summed E-state index contributed by atoms with van der Waals surface area (Å²) < 4.78 is 0. The van der Waals surface area contributed by atoms with Crippen molar-refractivity contribution in [1.82, 2.24) is 9.97 Å². The smallest absolute Gasteiger partial charge is 0.149 e. The number of hydrogen-bond acceptors (Lipinski definition) is 3. The molecule has 3 nitrogen and oxygen atoms in total. The van der Waals surface area contributed by atoms with Crippen molar-refractivity contribution in [3.63, 3.8) is 0 Å². The molecule has 2 N–H and O–H groups in total. The molecule has 0 aliphatic carbocycles. The first-order chi connectivity index (χ1) is 7.70. The highest BCUT2D eigenvalue weighted by atomic mass is 35.5. The molecule has 1 atom stereocenters. The molecule has 2 rings (SSSR count). The van der Waals surface area contributed by atoms with Gasteiger partial charge >= 0.3 is 0 Å². The minimum atomic E-state index is -0.465. The minimum Gasteiger partial charge on any atom is -0.318 e. The van der Waals surface area contributed by atoms with Crippen LogP contribution in [0.4, 0.5) is 0 Å². The van der Waals surface area contributed by atoms with Gasteiger partial charge in [-0.3, -0.25) is 0 Å². The third-order valence-corrected chi connectivity index (χ3v) is 3.01. The number of hydrogen-bond donors (Lipinski definition) is 1. The summed E-state index contributed by atoms with van der Waals surface area (Å²) in [6, 6.07) is 6.59. The Bertz CT molecular complexity index is 488. The molecule has 1 aromatic carbocycles. The van der Waals surface area contributed by atoms with Crippen LogP contribution < -0.4 is 5.73 Å². The van der Waals surface area contributed by atoms with Crippen LogP contribution in [0.5, 0.6) is 0 Å². The van der Waals surface area contributed by atoms with Crippen molar-refractivity contribution >= 4 is 23.2 Å². The summed E-state index contributed by atoms with van der Waals surface area (Å²) in [4.78, 5) is 8.18. The predicted molar refractivity (Wildman–Crippen MR) is 64.5 cm³/mol. The molecule has 1 unspecified atom stereocenters.